The van der Waals surface area contributed by atoms with Gasteiger partial charge in [-0.3, -0.25) is 9.59 Å². The molecule has 1 atom stereocenters. The number of piperidine rings is 1. The Morgan fingerprint density at radius 2 is 1.54 bits per heavy atom. The Morgan fingerprint density at radius 3 is 2.12 bits per heavy atom. The zero-order valence-electron chi connectivity index (χ0n) is 16.6. The molecule has 2 aliphatic rings. The van der Waals surface area contributed by atoms with E-state index < -0.39 is 5.41 Å². The van der Waals surface area contributed by atoms with Crippen LogP contribution < -0.4 is 0 Å². The summed E-state index contributed by atoms with van der Waals surface area (Å²) in [7, 11) is 0. The molecular weight excluding hydrogens is 334 g/mol. The van der Waals surface area contributed by atoms with Gasteiger partial charge in [-0.15, -0.1) is 0 Å². The van der Waals surface area contributed by atoms with Crippen LogP contribution in [0.5, 0.6) is 0 Å². The molecule has 2 saturated heterocycles. The highest BCUT2D eigenvalue weighted by atomic mass is 16.6. The Kier molecular flexibility index (Phi) is 6.89. The summed E-state index contributed by atoms with van der Waals surface area (Å²) >= 11 is 0. The number of carbonyl (C=O) groups excluding carboxylic acids is 3. The first-order valence-corrected chi connectivity index (χ1v) is 9.85. The molecule has 0 bridgehead atoms. The van der Waals surface area contributed by atoms with Crippen LogP contribution in [0.2, 0.25) is 0 Å². The summed E-state index contributed by atoms with van der Waals surface area (Å²) < 4.78 is 5.01. The third kappa shape index (κ3) is 4.30. The van der Waals surface area contributed by atoms with Crippen LogP contribution in [-0.4, -0.2) is 78.0 Å². The van der Waals surface area contributed by atoms with Crippen LogP contribution in [0.25, 0.3) is 0 Å². The maximum atomic E-state index is 13.1. The normalized spacial score (nSPS) is 21.5. The van der Waals surface area contributed by atoms with Crippen molar-refractivity contribution < 1.29 is 19.1 Å². The Morgan fingerprint density at radius 1 is 0.923 bits per heavy atom. The van der Waals surface area contributed by atoms with Gasteiger partial charge in [0.2, 0.25) is 11.8 Å². The molecule has 0 N–H and O–H groups in total. The van der Waals surface area contributed by atoms with Crippen molar-refractivity contribution in [2.24, 2.45) is 5.41 Å². The van der Waals surface area contributed by atoms with Gasteiger partial charge < -0.3 is 19.4 Å². The number of likely N-dealkylation sites (tertiary alicyclic amines) is 1. The molecule has 0 aliphatic carbocycles. The molecule has 148 valence electrons. The van der Waals surface area contributed by atoms with E-state index in [4.69, 9.17) is 4.74 Å². The zero-order chi connectivity index (χ0) is 19.3. The monoisotopic (exact) mass is 367 g/mol. The molecule has 0 aromatic carbocycles. The van der Waals surface area contributed by atoms with E-state index in [1.165, 1.54) is 0 Å². The summed E-state index contributed by atoms with van der Waals surface area (Å²) in [6, 6.07) is 0.240. The first-order chi connectivity index (χ1) is 12.3. The minimum Gasteiger partial charge on any atom is -0.450 e. The zero-order valence-corrected chi connectivity index (χ0v) is 16.6. The van der Waals surface area contributed by atoms with Crippen LogP contribution in [0.4, 0.5) is 4.79 Å². The van der Waals surface area contributed by atoms with Crippen molar-refractivity contribution >= 4 is 17.9 Å². The predicted octanol–water partition coefficient (Wildman–Crippen LogP) is 2.10. The van der Waals surface area contributed by atoms with Crippen molar-refractivity contribution in [1.82, 2.24) is 14.7 Å². The van der Waals surface area contributed by atoms with Gasteiger partial charge in [-0.2, -0.15) is 0 Å². The average Bonchev–Trinajstić information content (AvgIpc) is 2.67. The van der Waals surface area contributed by atoms with Crippen LogP contribution in [0.15, 0.2) is 0 Å². The quantitative estimate of drug-likeness (QED) is 0.714. The van der Waals surface area contributed by atoms with Crippen LogP contribution in [0.1, 0.15) is 53.4 Å². The van der Waals surface area contributed by atoms with E-state index in [0.717, 1.165) is 32.2 Å². The summed E-state index contributed by atoms with van der Waals surface area (Å²) in [5.74, 6) is -0.215. The van der Waals surface area contributed by atoms with Crippen LogP contribution >= 0.6 is 0 Å². The highest BCUT2D eigenvalue weighted by Gasteiger charge is 2.44. The fourth-order valence-electron chi connectivity index (χ4n) is 3.85. The standard InChI is InChI=1S/C19H33N3O4/c1-5-15-9-7-8-10-22(15)17(24)19(3,4)16(23)20-11-13-21(14-12-20)18(25)26-6-2/h15H,5-14H2,1-4H3. The van der Waals surface area contributed by atoms with Crippen molar-refractivity contribution in [2.75, 3.05) is 39.3 Å². The third-order valence-corrected chi connectivity index (χ3v) is 5.52. The van der Waals surface area contributed by atoms with Gasteiger partial charge in [-0.1, -0.05) is 6.92 Å². The van der Waals surface area contributed by atoms with Crippen molar-refractivity contribution in [2.45, 2.75) is 59.4 Å². The second-order valence-corrected chi connectivity index (χ2v) is 7.66. The van der Waals surface area contributed by atoms with Gasteiger partial charge in [0, 0.05) is 38.8 Å². The molecule has 2 fully saturated rings. The number of rotatable bonds is 4. The van der Waals surface area contributed by atoms with Gasteiger partial charge in [0.05, 0.1) is 6.61 Å². The predicted molar refractivity (Wildman–Crippen MR) is 98.6 cm³/mol. The summed E-state index contributed by atoms with van der Waals surface area (Å²) in [4.78, 5) is 43.2. The lowest BCUT2D eigenvalue weighted by molar-refractivity contribution is -0.157. The maximum Gasteiger partial charge on any atom is 0.409 e. The molecule has 7 nitrogen and oxygen atoms in total. The number of nitrogens with zero attached hydrogens (tertiary/aromatic N) is 3. The number of hydrogen-bond donors (Lipinski definition) is 0. The molecular formula is C19H33N3O4. The third-order valence-electron chi connectivity index (χ3n) is 5.52. The Hall–Kier alpha value is -1.79. The van der Waals surface area contributed by atoms with Gasteiger partial charge in [-0.25, -0.2) is 4.79 Å². The van der Waals surface area contributed by atoms with Crippen LogP contribution in [0, 0.1) is 5.41 Å². The SMILES string of the molecule is CCOC(=O)N1CCN(C(=O)C(C)(C)C(=O)N2CCCCC2CC)CC1. The van der Waals surface area contributed by atoms with Gasteiger partial charge in [0.1, 0.15) is 5.41 Å². The fourth-order valence-corrected chi connectivity index (χ4v) is 3.85. The molecule has 0 saturated carbocycles. The minimum absolute atomic E-state index is 0.0677. The Balaban J connectivity index is 1.99. The average molecular weight is 367 g/mol. The summed E-state index contributed by atoms with van der Waals surface area (Å²) in [5.41, 5.74) is -1.07. The second-order valence-electron chi connectivity index (χ2n) is 7.66. The van der Waals surface area contributed by atoms with E-state index in [2.05, 4.69) is 6.92 Å². The van der Waals surface area contributed by atoms with E-state index in [1.54, 1.807) is 30.6 Å². The number of ether oxygens (including phenoxy) is 1. The van der Waals surface area contributed by atoms with Gasteiger partial charge >= 0.3 is 6.09 Å². The fraction of sp³-hybridized carbons (Fsp3) is 0.842. The Bertz CT molecular complexity index is 527. The number of amides is 3. The molecule has 7 heteroatoms. The molecule has 2 heterocycles. The smallest absolute Gasteiger partial charge is 0.409 e. The lowest BCUT2D eigenvalue weighted by Crippen LogP contribution is -2.58. The highest BCUT2D eigenvalue weighted by Crippen LogP contribution is 2.29. The first kappa shape index (κ1) is 20.5. The summed E-state index contributed by atoms with van der Waals surface area (Å²) in [6.07, 6.45) is 3.75. The Labute approximate surface area is 156 Å². The minimum atomic E-state index is -1.07. The molecule has 0 radical (unpaired) electrons. The molecule has 3 amide bonds. The van der Waals surface area contributed by atoms with E-state index in [0.29, 0.717) is 32.8 Å². The summed E-state index contributed by atoms with van der Waals surface area (Å²) in [6.45, 7) is 10.2. The molecule has 2 aliphatic heterocycles. The highest BCUT2D eigenvalue weighted by molar-refractivity contribution is 6.04. The lowest BCUT2D eigenvalue weighted by Gasteiger charge is -2.42. The molecule has 0 aromatic rings. The second kappa shape index (κ2) is 8.73. The summed E-state index contributed by atoms with van der Waals surface area (Å²) in [5, 5.41) is 0. The van der Waals surface area contributed by atoms with E-state index in [1.807, 2.05) is 4.90 Å². The van der Waals surface area contributed by atoms with Crippen LogP contribution in [-0.2, 0) is 14.3 Å². The molecule has 1 unspecified atom stereocenters. The van der Waals surface area contributed by atoms with E-state index in [9.17, 15) is 14.4 Å². The molecule has 2 rings (SSSR count). The van der Waals surface area contributed by atoms with Crippen molar-refractivity contribution in [1.29, 1.82) is 0 Å². The van der Waals surface area contributed by atoms with Crippen molar-refractivity contribution in [3.8, 4) is 0 Å². The van der Waals surface area contributed by atoms with Gasteiger partial charge in [-0.05, 0) is 46.5 Å². The lowest BCUT2D eigenvalue weighted by atomic mass is 9.87. The van der Waals surface area contributed by atoms with Gasteiger partial charge in [0.15, 0.2) is 0 Å². The number of carbonyl (C=O) groups is 3. The molecule has 0 aromatic heterocycles. The van der Waals surface area contributed by atoms with E-state index in [-0.39, 0.29) is 23.9 Å². The molecule has 0 spiro atoms. The van der Waals surface area contributed by atoms with Crippen molar-refractivity contribution in [3.05, 3.63) is 0 Å². The van der Waals surface area contributed by atoms with Crippen LogP contribution in [0.3, 0.4) is 0 Å². The largest absolute Gasteiger partial charge is 0.450 e. The van der Waals surface area contributed by atoms with Crippen molar-refractivity contribution in [3.63, 3.8) is 0 Å². The number of hydrogen-bond acceptors (Lipinski definition) is 4. The molecule has 26 heavy (non-hydrogen) atoms. The van der Waals surface area contributed by atoms with E-state index >= 15 is 0 Å². The topological polar surface area (TPSA) is 70.2 Å². The maximum absolute atomic E-state index is 13.1. The first-order valence-electron chi connectivity index (χ1n) is 9.85. The number of piperazine rings is 1. The van der Waals surface area contributed by atoms with Gasteiger partial charge in [0.25, 0.3) is 0 Å².